The largest absolute Gasteiger partial charge is 2.00 e. The van der Waals surface area contributed by atoms with Crippen LogP contribution in [0.25, 0.3) is 10.8 Å². The fourth-order valence-electron chi connectivity index (χ4n) is 5.23. The Hall–Kier alpha value is -3.32. The van der Waals surface area contributed by atoms with Gasteiger partial charge in [-0.1, -0.05) is 115 Å². The number of rotatable bonds is 5. The molecule has 0 saturated heterocycles. The molecule has 0 atom stereocenters. The molecule has 36 heavy (non-hydrogen) atoms. The van der Waals surface area contributed by atoms with Gasteiger partial charge in [0.15, 0.2) is 0 Å². The van der Waals surface area contributed by atoms with Crippen molar-refractivity contribution < 1.29 is 26.2 Å². The third-order valence-corrected chi connectivity index (χ3v) is 11.5. The summed E-state index contributed by atoms with van der Waals surface area (Å²) < 4.78 is 0. The van der Waals surface area contributed by atoms with Crippen LogP contribution in [0.1, 0.15) is 16.7 Å². The maximum atomic E-state index is 3.92. The van der Waals surface area contributed by atoms with Crippen LogP contribution in [0.5, 0.6) is 0 Å². The second-order valence-corrected chi connectivity index (χ2v) is 12.4. The summed E-state index contributed by atoms with van der Waals surface area (Å²) >= 11 is 0. The molecule has 0 nitrogen and oxygen atoms in total. The zero-order chi connectivity index (χ0) is 23.5. The first kappa shape index (κ1) is 24.4. The minimum absolute atomic E-state index is 0. The summed E-state index contributed by atoms with van der Waals surface area (Å²) in [5.41, 5.74) is 4.79. The molecular formula is C34H24SiZr. The molecule has 1 aliphatic rings. The van der Waals surface area contributed by atoms with Crippen LogP contribution in [-0.4, -0.2) is 8.07 Å². The van der Waals surface area contributed by atoms with Gasteiger partial charge in [0.25, 0.3) is 0 Å². The number of allylic oxidation sites excluding steroid dienone is 2. The normalized spacial score (nSPS) is 15.2. The Labute approximate surface area is 233 Å². The summed E-state index contributed by atoms with van der Waals surface area (Å²) in [6.45, 7) is 0. The van der Waals surface area contributed by atoms with E-state index in [-0.39, 0.29) is 26.2 Å². The average Bonchev–Trinajstić information content (AvgIpc) is 2.94. The SMILES string of the molecule is [C-]1=C(c2ccccc2)[Si](c2ccccc2)(c2ccccc2)/C1=C(/c1[c-]cccc1)c1ccccc1.[Zr+2]. The van der Waals surface area contributed by atoms with Crippen molar-refractivity contribution in [3.8, 4) is 0 Å². The first-order valence-corrected chi connectivity index (χ1v) is 14.0. The summed E-state index contributed by atoms with van der Waals surface area (Å²) in [6, 6.07) is 55.5. The van der Waals surface area contributed by atoms with Crippen LogP contribution in [-0.2, 0) is 26.2 Å². The molecule has 5 aromatic rings. The van der Waals surface area contributed by atoms with Gasteiger partial charge in [-0.25, -0.2) is 0 Å². The van der Waals surface area contributed by atoms with Crippen molar-refractivity contribution in [2.45, 2.75) is 0 Å². The van der Waals surface area contributed by atoms with Crippen molar-refractivity contribution in [3.05, 3.63) is 180 Å². The van der Waals surface area contributed by atoms with Crippen molar-refractivity contribution in [2.24, 2.45) is 0 Å². The standard InChI is InChI=1S/C34H24Si.Zr/c1-6-16-27(17-7-1)32-26-33(34(28-18-8-2-9-19-28)29-20-10-3-11-21-29)35(32,30-22-12-4-13-23-30)31-24-14-5-15-25-31;/h1-20,22-25H;/q-2;+2/b34-33+;. The quantitative estimate of drug-likeness (QED) is 0.172. The Balaban J connectivity index is 0.00000267. The van der Waals surface area contributed by atoms with E-state index in [1.165, 1.54) is 37.5 Å². The van der Waals surface area contributed by atoms with Crippen LogP contribution >= 0.6 is 0 Å². The van der Waals surface area contributed by atoms with Crippen LogP contribution in [0.2, 0.25) is 0 Å². The van der Waals surface area contributed by atoms with Crippen molar-refractivity contribution in [1.29, 1.82) is 0 Å². The maximum Gasteiger partial charge on any atom is 2.00 e. The third-order valence-electron chi connectivity index (χ3n) is 6.77. The average molecular weight is 552 g/mol. The Morgan fingerprint density at radius 3 is 1.56 bits per heavy atom. The van der Waals surface area contributed by atoms with Gasteiger partial charge in [-0.3, -0.25) is 0 Å². The predicted molar refractivity (Wildman–Crippen MR) is 149 cm³/mol. The molecular weight excluding hydrogens is 528 g/mol. The summed E-state index contributed by atoms with van der Waals surface area (Å²) in [4.78, 5) is 0. The van der Waals surface area contributed by atoms with E-state index in [2.05, 4.69) is 146 Å². The minimum atomic E-state index is -2.56. The van der Waals surface area contributed by atoms with Gasteiger partial charge in [0.05, 0.1) is 0 Å². The summed E-state index contributed by atoms with van der Waals surface area (Å²) in [6.07, 6.45) is 3.92. The topological polar surface area (TPSA) is 0 Å². The second kappa shape index (κ2) is 10.7. The van der Waals surface area contributed by atoms with Gasteiger partial charge in [-0.05, 0) is 10.4 Å². The minimum Gasteiger partial charge on any atom is -0.179 e. The molecule has 2 heteroatoms. The van der Waals surface area contributed by atoms with Crippen molar-refractivity contribution in [1.82, 2.24) is 0 Å². The van der Waals surface area contributed by atoms with Gasteiger partial charge in [0, 0.05) is 0 Å². The first-order chi connectivity index (χ1) is 17.4. The third kappa shape index (κ3) is 4.15. The molecule has 0 N–H and O–H groups in total. The van der Waals surface area contributed by atoms with E-state index in [1.54, 1.807) is 0 Å². The van der Waals surface area contributed by atoms with E-state index in [0.29, 0.717) is 0 Å². The van der Waals surface area contributed by atoms with Gasteiger partial charge >= 0.3 is 26.2 Å². The molecule has 0 aromatic heterocycles. The summed E-state index contributed by atoms with van der Waals surface area (Å²) in [5.74, 6) is 0. The van der Waals surface area contributed by atoms with Crippen molar-refractivity contribution in [2.75, 3.05) is 0 Å². The molecule has 0 saturated carbocycles. The van der Waals surface area contributed by atoms with Crippen LogP contribution < -0.4 is 10.4 Å². The molecule has 1 heterocycles. The fourth-order valence-corrected chi connectivity index (χ4v) is 10.0. The molecule has 0 amide bonds. The van der Waals surface area contributed by atoms with Gasteiger partial charge in [-0.15, -0.1) is 64.4 Å². The molecule has 0 unspecified atom stereocenters. The Bertz CT molecular complexity index is 1410. The van der Waals surface area contributed by atoms with E-state index >= 15 is 0 Å². The molecule has 0 spiro atoms. The number of hydrogen-bond acceptors (Lipinski definition) is 0. The number of benzene rings is 5. The van der Waals surface area contributed by atoms with Crippen molar-refractivity contribution in [3.63, 3.8) is 0 Å². The van der Waals surface area contributed by atoms with Crippen molar-refractivity contribution >= 4 is 29.2 Å². The van der Waals surface area contributed by atoms with Gasteiger partial charge in [-0.2, -0.15) is 11.3 Å². The van der Waals surface area contributed by atoms with Gasteiger partial charge in [0.2, 0.25) is 0 Å². The maximum absolute atomic E-state index is 3.92. The monoisotopic (exact) mass is 550 g/mol. The summed E-state index contributed by atoms with van der Waals surface area (Å²) in [7, 11) is -2.56. The molecule has 168 valence electrons. The number of hydrogen-bond donors (Lipinski definition) is 0. The zero-order valence-electron chi connectivity index (χ0n) is 19.9. The summed E-state index contributed by atoms with van der Waals surface area (Å²) in [5, 5.41) is 5.39. The fraction of sp³-hybridized carbons (Fsp3) is 0. The molecule has 0 fully saturated rings. The van der Waals surface area contributed by atoms with Crippen LogP contribution in [0.3, 0.4) is 0 Å². The van der Waals surface area contributed by atoms with E-state index < -0.39 is 8.07 Å². The van der Waals surface area contributed by atoms with E-state index in [0.717, 1.165) is 5.56 Å². The van der Waals surface area contributed by atoms with E-state index in [9.17, 15) is 0 Å². The Morgan fingerprint density at radius 2 is 1.03 bits per heavy atom. The molecule has 5 aromatic carbocycles. The first-order valence-electron chi connectivity index (χ1n) is 12.0. The molecule has 6 rings (SSSR count). The van der Waals surface area contributed by atoms with Crippen LogP contribution in [0, 0.1) is 12.1 Å². The van der Waals surface area contributed by atoms with Crippen LogP contribution in [0.15, 0.2) is 151 Å². The smallest absolute Gasteiger partial charge is 0.179 e. The Kier molecular flexibility index (Phi) is 7.28. The molecule has 0 aliphatic carbocycles. The zero-order valence-corrected chi connectivity index (χ0v) is 23.3. The van der Waals surface area contributed by atoms with Gasteiger partial charge in [0.1, 0.15) is 8.07 Å². The van der Waals surface area contributed by atoms with Crippen LogP contribution in [0.4, 0.5) is 0 Å². The second-order valence-electron chi connectivity index (χ2n) is 8.74. The molecule has 1 aliphatic heterocycles. The molecule has 0 bridgehead atoms. The van der Waals surface area contributed by atoms with E-state index in [1.807, 2.05) is 12.1 Å². The van der Waals surface area contributed by atoms with E-state index in [4.69, 9.17) is 0 Å². The molecule has 0 radical (unpaired) electrons. The Morgan fingerprint density at radius 1 is 0.528 bits per heavy atom. The van der Waals surface area contributed by atoms with Gasteiger partial charge < -0.3 is 0 Å². The predicted octanol–water partition coefficient (Wildman–Crippen LogP) is 6.53.